The molecule has 0 saturated carbocycles. The van der Waals surface area contributed by atoms with Gasteiger partial charge in [0.2, 0.25) is 11.8 Å². The maximum absolute atomic E-state index is 14.3. The van der Waals surface area contributed by atoms with Gasteiger partial charge in [-0.25, -0.2) is 14.2 Å². The summed E-state index contributed by atoms with van der Waals surface area (Å²) >= 11 is 3.32. The van der Waals surface area contributed by atoms with Crippen LogP contribution in [0.5, 0.6) is 0 Å². The largest absolute Gasteiger partial charge is 0.444 e. The van der Waals surface area contributed by atoms with Gasteiger partial charge in [-0.1, -0.05) is 28.1 Å². The van der Waals surface area contributed by atoms with E-state index in [1.165, 1.54) is 43.1 Å². The molecule has 2 aromatic rings. The van der Waals surface area contributed by atoms with Crippen molar-refractivity contribution in [2.24, 2.45) is 10.5 Å². The Kier molecular flexibility index (Phi) is 11.1. The van der Waals surface area contributed by atoms with Crippen molar-refractivity contribution in [3.05, 3.63) is 64.1 Å². The summed E-state index contributed by atoms with van der Waals surface area (Å²) in [7, 11) is 0. The van der Waals surface area contributed by atoms with E-state index >= 15 is 0 Å². The number of nitrogens with zero attached hydrogens (tertiary/aromatic N) is 4. The maximum Gasteiger partial charge on any atom is 0.408 e. The van der Waals surface area contributed by atoms with Gasteiger partial charge in [-0.2, -0.15) is 18.3 Å². The van der Waals surface area contributed by atoms with Crippen molar-refractivity contribution in [2.75, 3.05) is 19.6 Å². The van der Waals surface area contributed by atoms with Crippen molar-refractivity contribution in [2.45, 2.75) is 83.7 Å². The van der Waals surface area contributed by atoms with Gasteiger partial charge >= 0.3 is 12.3 Å². The predicted octanol–water partition coefficient (Wildman–Crippen LogP) is 4.93. The van der Waals surface area contributed by atoms with Crippen LogP contribution in [0.25, 0.3) is 0 Å². The van der Waals surface area contributed by atoms with E-state index in [1.807, 2.05) is 0 Å². The van der Waals surface area contributed by atoms with Gasteiger partial charge in [-0.15, -0.1) is 0 Å². The molecule has 49 heavy (non-hydrogen) atoms. The molecule has 16 heteroatoms. The first kappa shape index (κ1) is 37.7. The molecule has 2 atom stereocenters. The minimum absolute atomic E-state index is 0.00847. The number of halogens is 5. The quantitative estimate of drug-likeness (QED) is 0.331. The Hall–Kier alpha value is -4.08. The number of carbonyl (C=O) groups is 4. The molecular formula is C33H39BrF4N6O5. The lowest BCUT2D eigenvalue weighted by molar-refractivity contribution is -0.164. The molecule has 2 aliphatic heterocycles. The Morgan fingerprint density at radius 2 is 1.82 bits per heavy atom. The number of benzene rings is 1. The van der Waals surface area contributed by atoms with Gasteiger partial charge in [-0.3, -0.25) is 19.4 Å². The highest BCUT2D eigenvalue weighted by Gasteiger charge is 2.56. The molecule has 3 heterocycles. The Balaban J connectivity index is 1.63. The maximum atomic E-state index is 14.3. The first-order valence-corrected chi connectivity index (χ1v) is 16.4. The zero-order valence-electron chi connectivity index (χ0n) is 27.8. The van der Waals surface area contributed by atoms with Crippen molar-refractivity contribution in [1.29, 1.82) is 0 Å². The standard InChI is InChI=1S/C33H39BrF4N6O5/c1-30(2,3)49-29(48)41-31(4,5)27(46)40-24(12-10-20-9-11-21(35)16-23(20)34)26(45)43-15-13-25-32(18-43,17-22-8-6-7-14-39-22)28(47)44(42-25)19-33(36,37)38/h6-9,11,14,16,24H,10,12-13,15,17-19H2,1-5H3,(H,40,46)(H,41,48)/t24?,32-/m1/s1. The van der Waals surface area contributed by atoms with Crippen LogP contribution in [0.4, 0.5) is 22.4 Å². The molecule has 4 rings (SSSR count). The van der Waals surface area contributed by atoms with Crippen LogP contribution < -0.4 is 10.6 Å². The summed E-state index contributed by atoms with van der Waals surface area (Å²) in [5, 5.41) is 9.70. The van der Waals surface area contributed by atoms with Crippen molar-refractivity contribution < 1.29 is 41.5 Å². The molecule has 1 unspecified atom stereocenters. The number of rotatable bonds is 10. The van der Waals surface area contributed by atoms with E-state index in [9.17, 15) is 36.7 Å². The zero-order chi connectivity index (χ0) is 36.4. The number of likely N-dealkylation sites (tertiary alicyclic amines) is 1. The first-order valence-electron chi connectivity index (χ1n) is 15.6. The minimum Gasteiger partial charge on any atom is -0.444 e. The number of hydrogen-bond donors (Lipinski definition) is 2. The van der Waals surface area contributed by atoms with Crippen LogP contribution in [0.2, 0.25) is 0 Å². The van der Waals surface area contributed by atoms with E-state index in [0.29, 0.717) is 20.7 Å². The van der Waals surface area contributed by atoms with Gasteiger partial charge in [0.25, 0.3) is 5.91 Å². The summed E-state index contributed by atoms with van der Waals surface area (Å²) in [5.41, 5.74) is -2.71. The molecular weight excluding hydrogens is 716 g/mol. The summed E-state index contributed by atoms with van der Waals surface area (Å²) in [5.74, 6) is -2.69. The summed E-state index contributed by atoms with van der Waals surface area (Å²) in [6, 6.07) is 7.83. The monoisotopic (exact) mass is 754 g/mol. The summed E-state index contributed by atoms with van der Waals surface area (Å²) in [4.78, 5) is 59.8. The number of hydrazone groups is 1. The molecule has 1 aromatic heterocycles. The molecule has 0 aliphatic carbocycles. The number of fused-ring (bicyclic) bond motifs is 1. The van der Waals surface area contributed by atoms with E-state index in [0.717, 1.165) is 0 Å². The third-order valence-electron chi connectivity index (χ3n) is 8.07. The summed E-state index contributed by atoms with van der Waals surface area (Å²) in [6.45, 7) is 5.97. The van der Waals surface area contributed by atoms with Gasteiger partial charge in [0.05, 0.1) is 5.71 Å². The molecule has 2 aliphatic rings. The minimum atomic E-state index is -4.71. The number of aromatic nitrogens is 1. The predicted molar refractivity (Wildman–Crippen MR) is 175 cm³/mol. The highest BCUT2D eigenvalue weighted by Crippen LogP contribution is 2.39. The van der Waals surface area contributed by atoms with Gasteiger partial charge in [0.15, 0.2) is 0 Å². The Bertz CT molecular complexity index is 1610. The molecule has 1 fully saturated rings. The third-order valence-corrected chi connectivity index (χ3v) is 8.81. The molecule has 266 valence electrons. The number of alkyl carbamates (subject to hydrolysis) is 1. The average Bonchev–Trinajstić information content (AvgIpc) is 3.23. The topological polar surface area (TPSA) is 133 Å². The Morgan fingerprint density at radius 3 is 2.43 bits per heavy atom. The second-order valence-electron chi connectivity index (χ2n) is 13.7. The summed E-state index contributed by atoms with van der Waals surface area (Å²) < 4.78 is 59.8. The highest BCUT2D eigenvalue weighted by molar-refractivity contribution is 9.10. The van der Waals surface area contributed by atoms with Crippen LogP contribution in [0.1, 0.15) is 58.7 Å². The van der Waals surface area contributed by atoms with Crippen LogP contribution in [0, 0.1) is 11.2 Å². The molecule has 1 saturated heterocycles. The van der Waals surface area contributed by atoms with Crippen LogP contribution in [0.3, 0.4) is 0 Å². The molecule has 2 N–H and O–H groups in total. The second kappa shape index (κ2) is 14.4. The number of piperidine rings is 1. The number of carbonyl (C=O) groups excluding carboxylic acids is 4. The van der Waals surface area contributed by atoms with E-state index in [1.54, 1.807) is 39.0 Å². The smallest absolute Gasteiger partial charge is 0.408 e. The van der Waals surface area contributed by atoms with Crippen molar-refractivity contribution >= 4 is 45.5 Å². The number of amides is 4. The van der Waals surface area contributed by atoms with Gasteiger partial charge in [0, 0.05) is 42.3 Å². The fraction of sp³-hybridized carbons (Fsp3) is 0.515. The van der Waals surface area contributed by atoms with E-state index in [2.05, 4.69) is 36.6 Å². The van der Waals surface area contributed by atoms with E-state index < -0.39 is 64.9 Å². The van der Waals surface area contributed by atoms with Crippen molar-refractivity contribution in [1.82, 2.24) is 25.5 Å². The van der Waals surface area contributed by atoms with E-state index in [-0.39, 0.29) is 44.5 Å². The molecule has 4 amide bonds. The third kappa shape index (κ3) is 9.55. The molecule has 0 bridgehead atoms. The average molecular weight is 756 g/mol. The normalized spacial score (nSPS) is 18.8. The lowest BCUT2D eigenvalue weighted by Gasteiger charge is -2.41. The Labute approximate surface area is 289 Å². The van der Waals surface area contributed by atoms with Gasteiger partial charge in [-0.05, 0) is 77.3 Å². The fourth-order valence-corrected chi connectivity index (χ4v) is 6.27. The zero-order valence-corrected chi connectivity index (χ0v) is 29.4. The second-order valence-corrected chi connectivity index (χ2v) is 14.5. The molecule has 0 spiro atoms. The number of pyridine rings is 1. The van der Waals surface area contributed by atoms with Crippen molar-refractivity contribution in [3.8, 4) is 0 Å². The number of hydrogen-bond acceptors (Lipinski definition) is 7. The lowest BCUT2D eigenvalue weighted by atomic mass is 9.74. The number of ether oxygens (including phenoxy) is 1. The highest BCUT2D eigenvalue weighted by atomic mass is 79.9. The molecule has 11 nitrogen and oxygen atoms in total. The number of alkyl halides is 3. The molecule has 0 radical (unpaired) electrons. The fourth-order valence-electron chi connectivity index (χ4n) is 5.72. The van der Waals surface area contributed by atoms with Crippen molar-refractivity contribution in [3.63, 3.8) is 0 Å². The first-order chi connectivity index (χ1) is 22.7. The van der Waals surface area contributed by atoms with Crippen LogP contribution in [0.15, 0.2) is 52.2 Å². The van der Waals surface area contributed by atoms with Crippen LogP contribution in [-0.2, 0) is 32.0 Å². The SMILES string of the molecule is CC(C)(C)OC(=O)NC(C)(C)C(=O)NC(CCc1ccc(F)cc1Br)C(=O)N1CCC2=NN(CC(F)(F)F)C(=O)[C@]2(Cc2ccccn2)C1. The lowest BCUT2D eigenvalue weighted by Crippen LogP contribution is -2.62. The van der Waals surface area contributed by atoms with Gasteiger partial charge in [0.1, 0.15) is 35.0 Å². The van der Waals surface area contributed by atoms with Crippen LogP contribution in [-0.4, -0.2) is 87.4 Å². The number of aryl methyl sites for hydroxylation is 1. The summed E-state index contributed by atoms with van der Waals surface area (Å²) in [6.07, 6.45) is -3.93. The van der Waals surface area contributed by atoms with Gasteiger partial charge < -0.3 is 20.3 Å². The number of nitrogens with one attached hydrogen (secondary N) is 2. The molecule has 1 aromatic carbocycles. The Morgan fingerprint density at radius 1 is 1.10 bits per heavy atom. The van der Waals surface area contributed by atoms with Crippen LogP contribution >= 0.6 is 15.9 Å². The van der Waals surface area contributed by atoms with E-state index in [4.69, 9.17) is 4.74 Å².